The molecule has 4 aromatic rings. The van der Waals surface area contributed by atoms with Gasteiger partial charge >= 0.3 is 5.97 Å². The summed E-state index contributed by atoms with van der Waals surface area (Å²) in [5.74, 6) is -0.0382. The Labute approximate surface area is 215 Å². The van der Waals surface area contributed by atoms with E-state index in [9.17, 15) is 9.59 Å². The van der Waals surface area contributed by atoms with Crippen molar-refractivity contribution < 1.29 is 19.1 Å². The molecule has 0 atom stereocenters. The highest BCUT2D eigenvalue weighted by atomic mass is 32.1. The fourth-order valence-electron chi connectivity index (χ4n) is 3.54. The van der Waals surface area contributed by atoms with Gasteiger partial charge in [0.15, 0.2) is 0 Å². The fraction of sp³-hybridized carbons (Fsp3) is 0.133. The third-order valence-corrected chi connectivity index (χ3v) is 6.32. The number of thiophene rings is 1. The summed E-state index contributed by atoms with van der Waals surface area (Å²) >= 11 is 1.30. The maximum absolute atomic E-state index is 12.7. The first-order chi connectivity index (χ1) is 17.5. The molecule has 0 radical (unpaired) electrons. The molecule has 0 spiro atoms. The molecular weight excluding hydrogens is 470 g/mol. The molecule has 0 unspecified atom stereocenters. The van der Waals surface area contributed by atoms with Gasteiger partial charge in [0.1, 0.15) is 22.9 Å². The van der Waals surface area contributed by atoms with E-state index < -0.39 is 5.97 Å². The van der Waals surface area contributed by atoms with E-state index in [1.54, 1.807) is 13.0 Å². The molecule has 1 N–H and O–H groups in total. The van der Waals surface area contributed by atoms with E-state index in [4.69, 9.17) is 9.47 Å². The molecule has 0 aliphatic carbocycles. The van der Waals surface area contributed by atoms with Crippen LogP contribution in [0.1, 0.15) is 34.0 Å². The van der Waals surface area contributed by atoms with Crippen LogP contribution in [0, 0.1) is 6.92 Å². The minimum Gasteiger partial charge on any atom is -0.489 e. The van der Waals surface area contributed by atoms with Crippen LogP contribution in [0.2, 0.25) is 0 Å². The van der Waals surface area contributed by atoms with Crippen molar-refractivity contribution >= 4 is 34.3 Å². The molecule has 1 heterocycles. The van der Waals surface area contributed by atoms with Gasteiger partial charge in [0.25, 0.3) is 0 Å². The fourth-order valence-corrected chi connectivity index (χ4v) is 4.50. The Morgan fingerprint density at radius 3 is 2.36 bits per heavy atom. The van der Waals surface area contributed by atoms with E-state index in [1.807, 2.05) is 91.2 Å². The second-order valence-corrected chi connectivity index (χ2v) is 8.99. The summed E-state index contributed by atoms with van der Waals surface area (Å²) < 4.78 is 11.1. The lowest BCUT2D eigenvalue weighted by Crippen LogP contribution is -2.12. The summed E-state index contributed by atoms with van der Waals surface area (Å²) in [6, 6.07) is 25.3. The number of aryl methyl sites for hydroxylation is 1. The predicted octanol–water partition coefficient (Wildman–Crippen LogP) is 7.13. The van der Waals surface area contributed by atoms with E-state index in [0.29, 0.717) is 17.2 Å². The number of nitrogens with one attached hydrogen (secondary N) is 1. The highest BCUT2D eigenvalue weighted by Gasteiger charge is 2.22. The third-order valence-electron chi connectivity index (χ3n) is 5.43. The second-order valence-electron chi connectivity index (χ2n) is 8.11. The molecular formula is C30H27NO4S. The third kappa shape index (κ3) is 6.49. The largest absolute Gasteiger partial charge is 0.489 e. The van der Waals surface area contributed by atoms with Crippen LogP contribution in [0.5, 0.6) is 5.75 Å². The molecule has 1 aromatic heterocycles. The van der Waals surface area contributed by atoms with Crippen molar-refractivity contribution in [1.82, 2.24) is 0 Å². The minimum atomic E-state index is -0.459. The van der Waals surface area contributed by atoms with Crippen molar-refractivity contribution in [2.24, 2.45) is 0 Å². The normalized spacial score (nSPS) is 10.8. The van der Waals surface area contributed by atoms with E-state index in [0.717, 1.165) is 33.6 Å². The SMILES string of the molecule is CCOC(=O)c1c(-c2ccc(C)cc2)csc1NC(=O)/C=C/c1ccc(OCc2ccccc2)cc1. The molecule has 0 fully saturated rings. The number of carbonyl (C=O) groups excluding carboxylic acids is 2. The maximum Gasteiger partial charge on any atom is 0.341 e. The lowest BCUT2D eigenvalue weighted by atomic mass is 10.0. The first-order valence-corrected chi connectivity index (χ1v) is 12.5. The predicted molar refractivity (Wildman–Crippen MR) is 145 cm³/mol. The summed E-state index contributed by atoms with van der Waals surface area (Å²) in [4.78, 5) is 25.4. The smallest absolute Gasteiger partial charge is 0.341 e. The summed E-state index contributed by atoms with van der Waals surface area (Å²) in [5.41, 5.74) is 5.08. The Morgan fingerprint density at radius 1 is 0.944 bits per heavy atom. The van der Waals surface area contributed by atoms with Crippen molar-refractivity contribution in [3.8, 4) is 16.9 Å². The Kier molecular flexibility index (Phi) is 8.32. The van der Waals surface area contributed by atoms with Crippen molar-refractivity contribution in [3.63, 3.8) is 0 Å². The Hall–Kier alpha value is -4.16. The summed E-state index contributed by atoms with van der Waals surface area (Å²) in [6.07, 6.45) is 3.16. The molecule has 0 saturated heterocycles. The van der Waals surface area contributed by atoms with Gasteiger partial charge in [0.05, 0.1) is 6.61 Å². The first kappa shape index (κ1) is 24.9. The highest BCUT2D eigenvalue weighted by molar-refractivity contribution is 7.15. The maximum atomic E-state index is 12.7. The molecule has 1 amide bonds. The van der Waals surface area contributed by atoms with E-state index >= 15 is 0 Å². The zero-order chi connectivity index (χ0) is 25.3. The zero-order valence-corrected chi connectivity index (χ0v) is 21.0. The van der Waals surface area contributed by atoms with E-state index in [1.165, 1.54) is 17.4 Å². The minimum absolute atomic E-state index is 0.250. The second kappa shape index (κ2) is 12.0. The Morgan fingerprint density at radius 2 is 1.67 bits per heavy atom. The average Bonchev–Trinajstić information content (AvgIpc) is 3.31. The number of esters is 1. The van der Waals surface area contributed by atoms with Crippen LogP contribution in [0.3, 0.4) is 0 Å². The highest BCUT2D eigenvalue weighted by Crippen LogP contribution is 2.36. The summed E-state index contributed by atoms with van der Waals surface area (Å²) in [5, 5.41) is 5.17. The number of ether oxygens (including phenoxy) is 2. The first-order valence-electron chi connectivity index (χ1n) is 11.6. The van der Waals surface area contributed by atoms with Crippen molar-refractivity contribution in [2.45, 2.75) is 20.5 Å². The van der Waals surface area contributed by atoms with Crippen molar-refractivity contribution in [2.75, 3.05) is 11.9 Å². The molecule has 0 aliphatic heterocycles. The van der Waals surface area contributed by atoms with Crippen LogP contribution in [0.25, 0.3) is 17.2 Å². The topological polar surface area (TPSA) is 64.6 Å². The van der Waals surface area contributed by atoms with Gasteiger partial charge in [0.2, 0.25) is 5.91 Å². The standard InChI is InChI=1S/C30H27NO4S/c1-3-34-30(33)28-26(24-14-9-21(2)10-15-24)20-36-29(28)31-27(32)18-13-22-11-16-25(17-12-22)35-19-23-7-5-4-6-8-23/h4-18,20H,3,19H2,1-2H3,(H,31,32)/b18-13+. The molecule has 4 rings (SSSR count). The number of amides is 1. The van der Waals surface area contributed by atoms with Crippen LogP contribution < -0.4 is 10.1 Å². The molecule has 36 heavy (non-hydrogen) atoms. The van der Waals surface area contributed by atoms with Crippen LogP contribution in [0.15, 0.2) is 90.3 Å². The number of carbonyl (C=O) groups is 2. The zero-order valence-electron chi connectivity index (χ0n) is 20.2. The van der Waals surface area contributed by atoms with Crippen LogP contribution in [-0.2, 0) is 16.1 Å². The number of benzene rings is 3. The number of rotatable bonds is 9. The Balaban J connectivity index is 1.43. The molecule has 182 valence electrons. The van der Waals surface area contributed by atoms with Crippen LogP contribution in [0.4, 0.5) is 5.00 Å². The van der Waals surface area contributed by atoms with Gasteiger partial charge in [-0.1, -0.05) is 72.3 Å². The molecule has 0 bridgehead atoms. The van der Waals surface area contributed by atoms with Crippen LogP contribution in [-0.4, -0.2) is 18.5 Å². The van der Waals surface area contributed by atoms with Gasteiger partial charge in [-0.2, -0.15) is 0 Å². The summed E-state index contributed by atoms with van der Waals surface area (Å²) in [7, 11) is 0. The lowest BCUT2D eigenvalue weighted by Gasteiger charge is -2.08. The number of anilines is 1. The molecule has 3 aromatic carbocycles. The van der Waals surface area contributed by atoms with E-state index in [2.05, 4.69) is 5.32 Å². The van der Waals surface area contributed by atoms with Gasteiger partial charge in [0, 0.05) is 17.0 Å². The summed E-state index contributed by atoms with van der Waals surface area (Å²) in [6.45, 7) is 4.51. The van der Waals surface area contributed by atoms with Gasteiger partial charge < -0.3 is 14.8 Å². The molecule has 5 nitrogen and oxygen atoms in total. The lowest BCUT2D eigenvalue weighted by molar-refractivity contribution is -0.111. The average molecular weight is 498 g/mol. The monoisotopic (exact) mass is 497 g/mol. The Bertz CT molecular complexity index is 1340. The van der Waals surface area contributed by atoms with E-state index in [-0.39, 0.29) is 12.5 Å². The van der Waals surface area contributed by atoms with Crippen molar-refractivity contribution in [1.29, 1.82) is 0 Å². The van der Waals surface area contributed by atoms with Crippen LogP contribution >= 0.6 is 11.3 Å². The van der Waals surface area contributed by atoms with Gasteiger partial charge in [-0.15, -0.1) is 11.3 Å². The number of hydrogen-bond acceptors (Lipinski definition) is 5. The molecule has 0 aliphatic rings. The van der Waals surface area contributed by atoms with Gasteiger partial charge in [-0.05, 0) is 48.7 Å². The van der Waals surface area contributed by atoms with Gasteiger partial charge in [-0.25, -0.2) is 4.79 Å². The van der Waals surface area contributed by atoms with Gasteiger partial charge in [-0.3, -0.25) is 4.79 Å². The molecule has 6 heteroatoms. The van der Waals surface area contributed by atoms with Crippen molar-refractivity contribution in [3.05, 3.63) is 113 Å². The quantitative estimate of drug-likeness (QED) is 0.197. The molecule has 0 saturated carbocycles. The number of hydrogen-bond donors (Lipinski definition) is 1.